The molecule has 6 nitrogen and oxygen atoms in total. The predicted molar refractivity (Wildman–Crippen MR) is 72.1 cm³/mol. The van der Waals surface area contributed by atoms with E-state index < -0.39 is 10.0 Å². The molecular weight excluding hydrogens is 266 g/mol. The van der Waals surface area contributed by atoms with E-state index >= 15 is 0 Å². The Morgan fingerprint density at radius 2 is 2.05 bits per heavy atom. The Hall–Kier alpha value is -1.44. The fourth-order valence-corrected chi connectivity index (χ4v) is 2.81. The highest BCUT2D eigenvalue weighted by molar-refractivity contribution is 7.89. The van der Waals surface area contributed by atoms with Crippen LogP contribution in [-0.4, -0.2) is 26.9 Å². The number of sulfonamides is 1. The van der Waals surface area contributed by atoms with Gasteiger partial charge in [0.2, 0.25) is 15.9 Å². The highest BCUT2D eigenvalue weighted by Crippen LogP contribution is 2.20. The van der Waals surface area contributed by atoms with Crippen molar-refractivity contribution in [3.63, 3.8) is 0 Å². The van der Waals surface area contributed by atoms with Crippen molar-refractivity contribution in [3.8, 4) is 0 Å². The molecule has 0 saturated carbocycles. The van der Waals surface area contributed by atoms with Crippen molar-refractivity contribution < 1.29 is 13.2 Å². The van der Waals surface area contributed by atoms with Gasteiger partial charge in [0.25, 0.3) is 0 Å². The standard InChI is InChI=1S/C12H17N3O3S/c13-19(17,18)11-7-2-1-5-9(11)15-12(16)10-6-3-4-8-14-10/h1-2,5,7,10,14H,3-4,6,8H2,(H,15,16)(H2,13,17,18). The molecule has 1 fully saturated rings. The zero-order valence-corrected chi connectivity index (χ0v) is 11.2. The highest BCUT2D eigenvalue weighted by Gasteiger charge is 2.22. The molecule has 4 N–H and O–H groups in total. The summed E-state index contributed by atoms with van der Waals surface area (Å²) in [6.45, 7) is 0.801. The number of hydrogen-bond donors (Lipinski definition) is 3. The molecule has 2 rings (SSSR count). The van der Waals surface area contributed by atoms with E-state index in [1.165, 1.54) is 12.1 Å². The van der Waals surface area contributed by atoms with Gasteiger partial charge >= 0.3 is 0 Å². The molecular formula is C12H17N3O3S. The molecule has 1 aromatic rings. The third kappa shape index (κ3) is 3.52. The summed E-state index contributed by atoms with van der Waals surface area (Å²) in [5, 5.41) is 10.8. The first-order valence-electron chi connectivity index (χ1n) is 6.14. The quantitative estimate of drug-likeness (QED) is 0.748. The largest absolute Gasteiger partial charge is 0.324 e. The Bertz CT molecular complexity index is 565. The summed E-state index contributed by atoms with van der Waals surface area (Å²) >= 11 is 0. The molecule has 0 aliphatic carbocycles. The molecule has 0 spiro atoms. The molecule has 1 atom stereocenters. The van der Waals surface area contributed by atoms with Gasteiger partial charge in [-0.15, -0.1) is 0 Å². The maximum Gasteiger partial charge on any atom is 0.241 e. The van der Waals surface area contributed by atoms with Crippen LogP contribution in [0.15, 0.2) is 29.2 Å². The monoisotopic (exact) mass is 283 g/mol. The van der Waals surface area contributed by atoms with E-state index in [1.807, 2.05) is 0 Å². The van der Waals surface area contributed by atoms with Gasteiger partial charge in [0, 0.05) is 0 Å². The Balaban J connectivity index is 2.17. The molecule has 0 bridgehead atoms. The molecule has 19 heavy (non-hydrogen) atoms. The smallest absolute Gasteiger partial charge is 0.241 e. The van der Waals surface area contributed by atoms with Crippen molar-refractivity contribution >= 4 is 21.6 Å². The van der Waals surface area contributed by atoms with Crippen molar-refractivity contribution in [1.82, 2.24) is 5.32 Å². The van der Waals surface area contributed by atoms with Crippen LogP contribution in [0.25, 0.3) is 0 Å². The van der Waals surface area contributed by atoms with Gasteiger partial charge in [-0.2, -0.15) is 0 Å². The normalized spacial score (nSPS) is 19.9. The number of nitrogens with two attached hydrogens (primary N) is 1. The molecule has 7 heteroatoms. The van der Waals surface area contributed by atoms with Crippen LogP contribution in [-0.2, 0) is 14.8 Å². The minimum Gasteiger partial charge on any atom is -0.324 e. The van der Waals surface area contributed by atoms with Gasteiger partial charge in [-0.3, -0.25) is 4.79 Å². The highest BCUT2D eigenvalue weighted by atomic mass is 32.2. The maximum absolute atomic E-state index is 12.0. The molecule has 1 saturated heterocycles. The first kappa shape index (κ1) is 14.0. The molecule has 1 amide bonds. The minimum absolute atomic E-state index is 0.0702. The molecule has 104 valence electrons. The lowest BCUT2D eigenvalue weighted by Crippen LogP contribution is -2.43. The van der Waals surface area contributed by atoms with Crippen molar-refractivity contribution in [2.75, 3.05) is 11.9 Å². The number of anilines is 1. The van der Waals surface area contributed by atoms with Gasteiger partial charge in [-0.05, 0) is 31.5 Å². The van der Waals surface area contributed by atoms with Gasteiger partial charge in [0.1, 0.15) is 4.90 Å². The van der Waals surface area contributed by atoms with Crippen LogP contribution in [0.1, 0.15) is 19.3 Å². The molecule has 1 heterocycles. The van der Waals surface area contributed by atoms with E-state index in [9.17, 15) is 13.2 Å². The average molecular weight is 283 g/mol. The SMILES string of the molecule is NS(=O)(=O)c1ccccc1NC(=O)C1CCCCN1. The lowest BCUT2D eigenvalue weighted by atomic mass is 10.0. The van der Waals surface area contributed by atoms with E-state index in [0.29, 0.717) is 0 Å². The van der Waals surface area contributed by atoms with Gasteiger partial charge in [0.15, 0.2) is 0 Å². The van der Waals surface area contributed by atoms with Crippen LogP contribution in [0.2, 0.25) is 0 Å². The maximum atomic E-state index is 12.0. The van der Waals surface area contributed by atoms with Crippen LogP contribution in [0.4, 0.5) is 5.69 Å². The van der Waals surface area contributed by atoms with E-state index in [-0.39, 0.29) is 22.5 Å². The fourth-order valence-electron chi connectivity index (χ4n) is 2.11. The summed E-state index contributed by atoms with van der Waals surface area (Å²) in [5.74, 6) is -0.226. The van der Waals surface area contributed by atoms with E-state index in [1.54, 1.807) is 12.1 Å². The second-order valence-electron chi connectivity index (χ2n) is 4.53. The fraction of sp³-hybridized carbons (Fsp3) is 0.417. The number of benzene rings is 1. The van der Waals surface area contributed by atoms with E-state index in [4.69, 9.17) is 5.14 Å². The molecule has 1 aromatic carbocycles. The van der Waals surface area contributed by atoms with Gasteiger partial charge in [0.05, 0.1) is 11.7 Å². The Morgan fingerprint density at radius 1 is 1.32 bits per heavy atom. The summed E-state index contributed by atoms with van der Waals surface area (Å²) in [4.78, 5) is 12.0. The van der Waals surface area contributed by atoms with Crippen LogP contribution < -0.4 is 15.8 Å². The first-order valence-corrected chi connectivity index (χ1v) is 7.69. The molecule has 1 unspecified atom stereocenters. The van der Waals surface area contributed by atoms with Gasteiger partial charge in [-0.25, -0.2) is 13.6 Å². The lowest BCUT2D eigenvalue weighted by Gasteiger charge is -2.22. The number of rotatable bonds is 3. The number of carbonyl (C=O) groups is 1. The summed E-state index contributed by atoms with van der Waals surface area (Å²) in [7, 11) is -3.84. The summed E-state index contributed by atoms with van der Waals surface area (Å²) in [6, 6.07) is 5.84. The third-order valence-electron chi connectivity index (χ3n) is 3.08. The number of piperidine rings is 1. The molecule has 1 aliphatic heterocycles. The zero-order valence-electron chi connectivity index (χ0n) is 10.4. The van der Waals surface area contributed by atoms with Gasteiger partial charge < -0.3 is 10.6 Å². The van der Waals surface area contributed by atoms with Crippen LogP contribution in [0.5, 0.6) is 0 Å². The molecule has 0 radical (unpaired) electrons. The van der Waals surface area contributed by atoms with Crippen LogP contribution >= 0.6 is 0 Å². The number of amides is 1. The van der Waals surface area contributed by atoms with E-state index in [0.717, 1.165) is 25.8 Å². The summed E-state index contributed by atoms with van der Waals surface area (Å²) in [5.41, 5.74) is 0.224. The predicted octanol–water partition coefficient (Wildman–Crippen LogP) is 0.415. The Kier molecular flexibility index (Phi) is 4.18. The van der Waals surface area contributed by atoms with Crippen LogP contribution in [0, 0.1) is 0 Å². The van der Waals surface area contributed by atoms with Gasteiger partial charge in [-0.1, -0.05) is 18.6 Å². The summed E-state index contributed by atoms with van der Waals surface area (Å²) < 4.78 is 22.8. The number of nitrogens with one attached hydrogen (secondary N) is 2. The Morgan fingerprint density at radius 3 is 2.68 bits per heavy atom. The summed E-state index contributed by atoms with van der Waals surface area (Å²) in [6.07, 6.45) is 2.79. The first-order chi connectivity index (χ1) is 8.98. The lowest BCUT2D eigenvalue weighted by molar-refractivity contribution is -0.118. The minimum atomic E-state index is -3.84. The number of primary sulfonamides is 1. The average Bonchev–Trinajstić information content (AvgIpc) is 2.39. The van der Waals surface area contributed by atoms with Crippen molar-refractivity contribution in [3.05, 3.63) is 24.3 Å². The topological polar surface area (TPSA) is 101 Å². The van der Waals surface area contributed by atoms with Crippen LogP contribution in [0.3, 0.4) is 0 Å². The number of para-hydroxylation sites is 1. The van der Waals surface area contributed by atoms with E-state index in [2.05, 4.69) is 10.6 Å². The van der Waals surface area contributed by atoms with Crippen molar-refractivity contribution in [1.29, 1.82) is 0 Å². The second-order valence-corrected chi connectivity index (χ2v) is 6.06. The van der Waals surface area contributed by atoms with Crippen molar-refractivity contribution in [2.24, 2.45) is 5.14 Å². The Labute approximate surface area is 112 Å². The zero-order chi connectivity index (χ0) is 13.9. The second kappa shape index (κ2) is 5.68. The number of carbonyl (C=O) groups excluding carboxylic acids is 1. The molecule has 0 aromatic heterocycles. The third-order valence-corrected chi connectivity index (χ3v) is 4.05. The molecule has 1 aliphatic rings. The number of hydrogen-bond acceptors (Lipinski definition) is 4. The van der Waals surface area contributed by atoms with Crippen molar-refractivity contribution in [2.45, 2.75) is 30.2 Å².